The van der Waals surface area contributed by atoms with Gasteiger partial charge in [0, 0.05) is 19.2 Å². The lowest BCUT2D eigenvalue weighted by Crippen LogP contribution is -2.27. The Morgan fingerprint density at radius 3 is 3.00 bits per heavy atom. The Balaban J connectivity index is 2.43. The molecule has 1 heterocycles. The van der Waals surface area contributed by atoms with Gasteiger partial charge >= 0.3 is 6.09 Å². The van der Waals surface area contributed by atoms with Crippen LogP contribution in [0.3, 0.4) is 0 Å². The zero-order valence-corrected chi connectivity index (χ0v) is 8.58. The monoisotopic (exact) mass is 230 g/mol. The van der Waals surface area contributed by atoms with Gasteiger partial charge in [-0.2, -0.15) is 0 Å². The molecule has 15 heavy (non-hydrogen) atoms. The van der Waals surface area contributed by atoms with Crippen molar-refractivity contribution in [3.63, 3.8) is 0 Å². The van der Waals surface area contributed by atoms with Crippen molar-refractivity contribution in [2.45, 2.75) is 0 Å². The molecule has 0 saturated heterocycles. The van der Waals surface area contributed by atoms with Crippen LogP contribution in [-0.2, 0) is 0 Å². The Bertz CT molecular complexity index is 358. The number of anilines is 2. The molecule has 0 aliphatic heterocycles. The van der Waals surface area contributed by atoms with Gasteiger partial charge in [-0.3, -0.25) is 0 Å². The Kier molecular flexibility index (Phi) is 3.99. The summed E-state index contributed by atoms with van der Waals surface area (Å²) in [4.78, 5) is 13.9. The first-order valence-electron chi connectivity index (χ1n) is 4.21. The predicted octanol–water partition coefficient (Wildman–Crippen LogP) is 0.997. The maximum atomic E-state index is 10.1. The molecule has 0 spiro atoms. The van der Waals surface area contributed by atoms with Gasteiger partial charge in [0.25, 0.3) is 0 Å². The van der Waals surface area contributed by atoms with E-state index in [2.05, 4.69) is 15.6 Å². The number of hydrogen-bond acceptors (Lipinski definition) is 4. The molecule has 1 aromatic rings. The molecule has 0 aromatic carbocycles. The fourth-order valence-corrected chi connectivity index (χ4v) is 1.12. The molecule has 1 amide bonds. The van der Waals surface area contributed by atoms with Crippen molar-refractivity contribution < 1.29 is 9.90 Å². The summed E-state index contributed by atoms with van der Waals surface area (Å²) in [7, 11) is 0. The number of nitrogens with two attached hydrogens (primary N) is 1. The Labute approximate surface area is 91.4 Å². The van der Waals surface area contributed by atoms with Gasteiger partial charge in [0.1, 0.15) is 5.15 Å². The minimum atomic E-state index is -1.06. The molecule has 0 atom stereocenters. The minimum Gasteiger partial charge on any atom is -0.465 e. The molecule has 0 fully saturated rings. The summed E-state index contributed by atoms with van der Waals surface area (Å²) < 4.78 is 0. The molecule has 0 bridgehead atoms. The van der Waals surface area contributed by atoms with Crippen molar-refractivity contribution in [2.24, 2.45) is 0 Å². The van der Waals surface area contributed by atoms with E-state index in [1.165, 1.54) is 6.20 Å². The van der Waals surface area contributed by atoms with Gasteiger partial charge < -0.3 is 21.5 Å². The van der Waals surface area contributed by atoms with Gasteiger partial charge in [0.15, 0.2) is 0 Å². The van der Waals surface area contributed by atoms with E-state index in [0.29, 0.717) is 23.1 Å². The number of amides is 1. The van der Waals surface area contributed by atoms with Gasteiger partial charge in [0.05, 0.1) is 17.6 Å². The van der Waals surface area contributed by atoms with Crippen LogP contribution in [-0.4, -0.2) is 29.3 Å². The first kappa shape index (κ1) is 11.4. The molecule has 0 saturated carbocycles. The molecule has 0 aliphatic rings. The maximum Gasteiger partial charge on any atom is 0.404 e. The van der Waals surface area contributed by atoms with Crippen molar-refractivity contribution in [3.8, 4) is 0 Å². The van der Waals surface area contributed by atoms with Crippen molar-refractivity contribution in [1.29, 1.82) is 0 Å². The van der Waals surface area contributed by atoms with Gasteiger partial charge in [-0.05, 0) is 0 Å². The van der Waals surface area contributed by atoms with Crippen LogP contribution in [0.4, 0.5) is 16.2 Å². The Morgan fingerprint density at radius 1 is 1.60 bits per heavy atom. The fourth-order valence-electron chi connectivity index (χ4n) is 0.960. The quantitative estimate of drug-likeness (QED) is 0.457. The van der Waals surface area contributed by atoms with Gasteiger partial charge in [-0.25, -0.2) is 9.78 Å². The largest absolute Gasteiger partial charge is 0.465 e. The number of aromatic nitrogens is 1. The van der Waals surface area contributed by atoms with Crippen LogP contribution in [0.5, 0.6) is 0 Å². The normalized spacial score (nSPS) is 9.67. The fraction of sp³-hybridized carbons (Fsp3) is 0.250. The number of pyridine rings is 1. The number of carbonyl (C=O) groups is 1. The van der Waals surface area contributed by atoms with E-state index in [-0.39, 0.29) is 6.54 Å². The van der Waals surface area contributed by atoms with Crippen molar-refractivity contribution in [1.82, 2.24) is 10.3 Å². The van der Waals surface area contributed by atoms with E-state index >= 15 is 0 Å². The second kappa shape index (κ2) is 5.26. The molecule has 1 aromatic heterocycles. The summed E-state index contributed by atoms with van der Waals surface area (Å²) in [5, 5.41) is 13.8. The standard InChI is InChI=1S/C8H11ClN4O2/c9-7-3-6(5(10)4-13-7)11-1-2-12-8(14)15/h3-4,12H,1-2,10H2,(H,11,13)(H,14,15). The SMILES string of the molecule is Nc1cnc(Cl)cc1NCCNC(=O)O. The highest BCUT2D eigenvalue weighted by atomic mass is 35.5. The van der Waals surface area contributed by atoms with Crippen LogP contribution in [0.25, 0.3) is 0 Å². The lowest BCUT2D eigenvalue weighted by Gasteiger charge is -2.08. The molecule has 1 rings (SSSR count). The van der Waals surface area contributed by atoms with Crippen LogP contribution in [0.2, 0.25) is 5.15 Å². The van der Waals surface area contributed by atoms with Gasteiger partial charge in [0.2, 0.25) is 0 Å². The average molecular weight is 231 g/mol. The van der Waals surface area contributed by atoms with Crippen molar-refractivity contribution in [2.75, 3.05) is 24.1 Å². The summed E-state index contributed by atoms with van der Waals surface area (Å²) in [5.74, 6) is 0. The summed E-state index contributed by atoms with van der Waals surface area (Å²) in [6, 6.07) is 1.58. The van der Waals surface area contributed by atoms with Crippen LogP contribution in [0.1, 0.15) is 0 Å². The zero-order chi connectivity index (χ0) is 11.3. The van der Waals surface area contributed by atoms with E-state index in [1.54, 1.807) is 6.07 Å². The molecule has 6 nitrogen and oxygen atoms in total. The van der Waals surface area contributed by atoms with Gasteiger partial charge in [-0.1, -0.05) is 11.6 Å². The van der Waals surface area contributed by atoms with Crippen LogP contribution in [0.15, 0.2) is 12.3 Å². The first-order chi connectivity index (χ1) is 7.09. The highest BCUT2D eigenvalue weighted by molar-refractivity contribution is 6.29. The minimum absolute atomic E-state index is 0.286. The van der Waals surface area contributed by atoms with E-state index in [1.807, 2.05) is 0 Å². The Morgan fingerprint density at radius 2 is 2.33 bits per heavy atom. The average Bonchev–Trinajstić information content (AvgIpc) is 2.17. The molecule has 5 N–H and O–H groups in total. The van der Waals surface area contributed by atoms with Crippen molar-refractivity contribution in [3.05, 3.63) is 17.4 Å². The molecule has 0 unspecified atom stereocenters. The molecular formula is C8H11ClN4O2. The molecule has 0 radical (unpaired) electrons. The predicted molar refractivity (Wildman–Crippen MR) is 58.2 cm³/mol. The molecule has 7 heteroatoms. The van der Waals surface area contributed by atoms with Crippen LogP contribution in [0, 0.1) is 0 Å². The van der Waals surface area contributed by atoms with E-state index in [0.717, 1.165) is 0 Å². The van der Waals surface area contributed by atoms with Crippen LogP contribution >= 0.6 is 11.6 Å². The number of nitrogens with zero attached hydrogens (tertiary/aromatic N) is 1. The second-order valence-corrected chi connectivity index (χ2v) is 3.14. The topological polar surface area (TPSA) is 100 Å². The van der Waals surface area contributed by atoms with Crippen LogP contribution < -0.4 is 16.4 Å². The number of hydrogen-bond donors (Lipinski definition) is 4. The third-order valence-electron chi connectivity index (χ3n) is 1.62. The lowest BCUT2D eigenvalue weighted by molar-refractivity contribution is 0.195. The van der Waals surface area contributed by atoms with Crippen molar-refractivity contribution >= 4 is 29.1 Å². The lowest BCUT2D eigenvalue weighted by atomic mass is 10.3. The number of carboxylic acid groups (broad SMARTS) is 1. The summed E-state index contributed by atoms with van der Waals surface area (Å²) >= 11 is 5.66. The first-order valence-corrected chi connectivity index (χ1v) is 4.59. The maximum absolute atomic E-state index is 10.1. The summed E-state index contributed by atoms with van der Waals surface area (Å²) in [5.41, 5.74) is 6.72. The zero-order valence-electron chi connectivity index (χ0n) is 7.83. The molecule has 82 valence electrons. The second-order valence-electron chi connectivity index (χ2n) is 2.75. The Hall–Kier alpha value is -1.69. The molecule has 0 aliphatic carbocycles. The van der Waals surface area contributed by atoms with Gasteiger partial charge in [-0.15, -0.1) is 0 Å². The van der Waals surface area contributed by atoms with E-state index < -0.39 is 6.09 Å². The highest BCUT2D eigenvalue weighted by Gasteiger charge is 2.00. The summed E-state index contributed by atoms with van der Waals surface area (Å²) in [6.45, 7) is 0.714. The highest BCUT2D eigenvalue weighted by Crippen LogP contribution is 2.19. The number of halogens is 1. The number of rotatable bonds is 4. The number of nitrogens with one attached hydrogen (secondary N) is 2. The summed E-state index contributed by atoms with van der Waals surface area (Å²) in [6.07, 6.45) is 0.382. The third kappa shape index (κ3) is 3.90. The smallest absolute Gasteiger partial charge is 0.404 e. The number of nitrogen functional groups attached to an aromatic ring is 1. The van der Waals surface area contributed by atoms with E-state index in [4.69, 9.17) is 22.4 Å². The van der Waals surface area contributed by atoms with E-state index in [9.17, 15) is 4.79 Å². The third-order valence-corrected chi connectivity index (χ3v) is 1.82. The molecular weight excluding hydrogens is 220 g/mol.